The summed E-state index contributed by atoms with van der Waals surface area (Å²) in [7, 11) is 16.3. The van der Waals surface area contributed by atoms with Gasteiger partial charge in [-0.25, -0.2) is 0 Å². The number of rotatable bonds is 13. The van der Waals surface area contributed by atoms with E-state index in [1.54, 1.807) is 0 Å². The van der Waals surface area contributed by atoms with Crippen LogP contribution in [0.2, 0.25) is 0 Å². The standard InChI is InChI=1S/C13H9.C12H11Si.C10H21NO.2ClH.Ti/c1-3-7-12-10(5-1)9-11-6-2-4-8-13(11)12;1-3-7-11(8-4-1)13-12-9-5-2-6-10-12;1-2-3-4-5-6-7-8-9-10(11)12;;;/h1-5,7-8H,9H2;1-10,13H;2-9H2,1H3,(H2,11,12);2*1H;/q;;;;;+3/p-3. The van der Waals surface area contributed by atoms with Gasteiger partial charge in [0.05, 0.1) is 0 Å². The Hall–Kier alpha value is -2.14. The van der Waals surface area contributed by atoms with Crippen LogP contribution < -0.4 is 18.0 Å². The van der Waals surface area contributed by atoms with Crippen molar-refractivity contribution in [3.63, 3.8) is 0 Å². The third-order valence-corrected chi connectivity index (χ3v) is 32.6. The summed E-state index contributed by atoms with van der Waals surface area (Å²) in [6, 6.07) is 35.8. The summed E-state index contributed by atoms with van der Waals surface area (Å²) < 4.78 is 4.48. The third-order valence-electron chi connectivity index (χ3n) is 8.49. The van der Waals surface area contributed by atoms with Crippen LogP contribution in [0, 0.1) is 0 Å². The fourth-order valence-electron chi connectivity index (χ4n) is 6.51. The molecule has 0 aliphatic heterocycles. The molecule has 0 spiro atoms. The summed E-state index contributed by atoms with van der Waals surface area (Å²) in [6.45, 7) is -0.146. The van der Waals surface area contributed by atoms with Crippen molar-refractivity contribution < 1.29 is 17.5 Å². The summed E-state index contributed by atoms with van der Waals surface area (Å²) in [5.74, 6) is -0.0157. The number of halogens is 2. The van der Waals surface area contributed by atoms with Crippen molar-refractivity contribution in [2.24, 2.45) is 0 Å². The van der Waals surface area contributed by atoms with Gasteiger partial charge in [0.15, 0.2) is 0 Å². The molecule has 0 atom stereocenters. The van der Waals surface area contributed by atoms with Gasteiger partial charge >= 0.3 is 257 Å². The number of fused-ring (bicyclic) bond motifs is 3. The molecule has 1 amide bonds. The molecule has 1 aliphatic carbocycles. The number of hydrogen-bond donors (Lipinski definition) is 1. The number of carbonyl (C=O) groups excluding carboxylic acids is 1. The quantitative estimate of drug-likeness (QED) is 0.105. The van der Waals surface area contributed by atoms with Gasteiger partial charge in [-0.2, -0.15) is 0 Å². The van der Waals surface area contributed by atoms with E-state index in [4.69, 9.17) is 18.6 Å². The Balaban J connectivity index is 1.57. The van der Waals surface area contributed by atoms with Crippen molar-refractivity contribution in [1.82, 2.24) is 3.80 Å². The minimum atomic E-state index is -5.08. The van der Waals surface area contributed by atoms with E-state index in [9.17, 15) is 4.79 Å². The first-order chi connectivity index (χ1) is 19.9. The first-order valence-corrected chi connectivity index (χ1v) is 25.4. The molecule has 0 bridgehead atoms. The van der Waals surface area contributed by atoms with Gasteiger partial charge in [-0.3, -0.25) is 0 Å². The Morgan fingerprint density at radius 3 is 1.93 bits per heavy atom. The zero-order valence-electron chi connectivity index (χ0n) is 23.9. The van der Waals surface area contributed by atoms with Crippen molar-refractivity contribution >= 4 is 45.4 Å². The van der Waals surface area contributed by atoms with Crippen LogP contribution in [0.3, 0.4) is 0 Å². The number of amides is 1. The molecular formula is C35H40Cl2NOSiTi. The molecule has 4 aromatic rings. The predicted molar refractivity (Wildman–Crippen MR) is 176 cm³/mol. The Morgan fingerprint density at radius 1 is 0.707 bits per heavy atom. The Kier molecular flexibility index (Phi) is 9.94. The van der Waals surface area contributed by atoms with Gasteiger partial charge in [0.1, 0.15) is 0 Å². The van der Waals surface area contributed by atoms with Crippen molar-refractivity contribution in [3.8, 4) is 11.1 Å². The summed E-state index contributed by atoms with van der Waals surface area (Å²) in [5.41, 5.74) is 4.88. The predicted octanol–water partition coefficient (Wildman–Crippen LogP) is 7.59. The fourth-order valence-corrected chi connectivity index (χ4v) is 32.5. The number of benzene rings is 4. The second-order valence-corrected chi connectivity index (χ2v) is 36.0. The van der Waals surface area contributed by atoms with Gasteiger partial charge < -0.3 is 0 Å². The van der Waals surface area contributed by atoms with Crippen molar-refractivity contribution in [2.75, 3.05) is 0 Å². The maximum atomic E-state index is 13.8. The summed E-state index contributed by atoms with van der Waals surface area (Å²) >= 11 is -5.08. The van der Waals surface area contributed by atoms with E-state index in [-0.39, 0.29) is 5.91 Å². The molecule has 0 fully saturated rings. The van der Waals surface area contributed by atoms with Crippen LogP contribution in [-0.2, 0) is 23.9 Å². The second-order valence-electron chi connectivity index (χ2n) is 11.4. The second kappa shape index (κ2) is 13.4. The van der Waals surface area contributed by atoms with Crippen LogP contribution in [0.4, 0.5) is 0 Å². The first kappa shape index (κ1) is 30.3. The molecule has 1 aliphatic rings. The molecule has 6 heteroatoms. The normalized spacial score (nSPS) is 13.3. The molecule has 5 rings (SSSR count). The molecular weight excluding hydrogens is 597 g/mol. The third kappa shape index (κ3) is 6.60. The maximum absolute atomic E-state index is 13.8. The molecule has 4 aromatic carbocycles. The van der Waals surface area contributed by atoms with Crippen LogP contribution in [0.1, 0.15) is 69.4 Å². The van der Waals surface area contributed by atoms with Crippen LogP contribution in [0.15, 0.2) is 103 Å². The zero-order valence-corrected chi connectivity index (χ0v) is 28.1. The van der Waals surface area contributed by atoms with Crippen LogP contribution in [0.5, 0.6) is 0 Å². The monoisotopic (exact) mass is 636 g/mol. The molecule has 0 radical (unpaired) electrons. The van der Waals surface area contributed by atoms with Gasteiger partial charge in [-0.05, 0) is 0 Å². The van der Waals surface area contributed by atoms with E-state index in [1.807, 2.05) is 12.1 Å². The van der Waals surface area contributed by atoms with E-state index in [0.29, 0.717) is 6.42 Å². The topological polar surface area (TPSA) is 29.1 Å². The van der Waals surface area contributed by atoms with Gasteiger partial charge in [-0.15, -0.1) is 0 Å². The molecule has 0 saturated heterocycles. The fraction of sp³-hybridized carbons (Fsp3) is 0.286. The van der Waals surface area contributed by atoms with Gasteiger partial charge in [0.25, 0.3) is 0 Å². The molecule has 0 aromatic heterocycles. The Bertz CT molecular complexity index is 1440. The molecule has 2 nitrogen and oxygen atoms in total. The molecule has 213 valence electrons. The SMILES string of the molecule is CCCCCCCCCC(=O)[NH][Ti]([Cl])([Cl])([c]1cccc2c1Cc1ccccc1-2)[SiH](c1ccccc1)c1ccccc1. The number of hydrogen-bond acceptors (Lipinski definition) is 1. The van der Waals surface area contributed by atoms with Crippen LogP contribution in [-0.4, -0.2) is 12.6 Å². The van der Waals surface area contributed by atoms with Crippen LogP contribution in [0.25, 0.3) is 11.1 Å². The van der Waals surface area contributed by atoms with Crippen molar-refractivity contribution in [2.45, 2.75) is 64.7 Å². The summed E-state index contributed by atoms with van der Waals surface area (Å²) in [6.07, 6.45) is 9.34. The average molecular weight is 638 g/mol. The Morgan fingerprint density at radius 2 is 1.27 bits per heavy atom. The number of carbonyl (C=O) groups is 1. The number of unbranched alkanes of at least 4 members (excludes halogenated alkanes) is 6. The first-order valence-electron chi connectivity index (χ1n) is 15.1. The molecule has 41 heavy (non-hydrogen) atoms. The van der Waals surface area contributed by atoms with E-state index in [1.165, 1.54) is 54.4 Å². The molecule has 0 heterocycles. The Labute approximate surface area is 255 Å². The van der Waals surface area contributed by atoms with Crippen LogP contribution >= 0.6 is 18.6 Å². The average Bonchev–Trinajstić information content (AvgIpc) is 3.36. The van der Waals surface area contributed by atoms with E-state index >= 15 is 0 Å². The summed E-state index contributed by atoms with van der Waals surface area (Å²) in [5, 5.41) is 2.31. The van der Waals surface area contributed by atoms with E-state index in [0.717, 1.165) is 33.5 Å². The van der Waals surface area contributed by atoms with Crippen molar-refractivity contribution in [3.05, 3.63) is 114 Å². The minimum absolute atomic E-state index is 0.0157. The van der Waals surface area contributed by atoms with Gasteiger partial charge in [-0.1, -0.05) is 0 Å². The summed E-state index contributed by atoms with van der Waals surface area (Å²) in [4.78, 5) is 13.8. The zero-order chi connectivity index (χ0) is 28.7. The molecule has 0 unspecified atom stereocenters. The molecule has 0 saturated carbocycles. The number of nitrogens with one attached hydrogen (secondary N) is 1. The molecule has 1 N–H and O–H groups in total. The van der Waals surface area contributed by atoms with E-state index in [2.05, 4.69) is 102 Å². The van der Waals surface area contributed by atoms with Gasteiger partial charge in [0.2, 0.25) is 0 Å². The van der Waals surface area contributed by atoms with Crippen molar-refractivity contribution in [1.29, 1.82) is 0 Å². The van der Waals surface area contributed by atoms with E-state index < -0.39 is 19.4 Å². The van der Waals surface area contributed by atoms with Gasteiger partial charge in [0, 0.05) is 0 Å².